The van der Waals surface area contributed by atoms with Crippen molar-refractivity contribution >= 4 is 11.5 Å². The normalized spacial score (nSPS) is 24.1. The molecule has 0 amide bonds. The highest BCUT2D eigenvalue weighted by Gasteiger charge is 2.28. The van der Waals surface area contributed by atoms with Crippen molar-refractivity contribution in [1.82, 2.24) is 10.2 Å². The molecule has 3 rings (SSSR count). The van der Waals surface area contributed by atoms with Crippen LogP contribution in [0.2, 0.25) is 0 Å². The van der Waals surface area contributed by atoms with E-state index in [9.17, 15) is 0 Å². The summed E-state index contributed by atoms with van der Waals surface area (Å²) in [6, 6.07) is 0.665. The van der Waals surface area contributed by atoms with E-state index in [4.69, 9.17) is 0 Å². The number of aromatic nitrogens is 2. The van der Waals surface area contributed by atoms with Gasteiger partial charge in [0.05, 0.1) is 11.9 Å². The molecule has 0 aromatic carbocycles. The second-order valence-electron chi connectivity index (χ2n) is 4.78. The van der Waals surface area contributed by atoms with E-state index in [2.05, 4.69) is 27.3 Å². The minimum atomic E-state index is 0.665. The molecule has 1 N–H and O–H groups in total. The van der Waals surface area contributed by atoms with Crippen molar-refractivity contribution in [3.05, 3.63) is 11.8 Å². The zero-order valence-electron chi connectivity index (χ0n) is 9.74. The Balaban J connectivity index is 2.04. The van der Waals surface area contributed by atoms with Crippen LogP contribution in [-0.2, 0) is 0 Å². The number of aryl methyl sites for hydroxylation is 1. The molecule has 1 atom stereocenters. The molecule has 1 unspecified atom stereocenters. The molecular formula is C12H18N4. The number of nitrogens with one attached hydrogen (secondary N) is 1. The molecule has 0 aliphatic carbocycles. The summed E-state index contributed by atoms with van der Waals surface area (Å²) in [7, 11) is 0. The van der Waals surface area contributed by atoms with Crippen molar-refractivity contribution in [2.75, 3.05) is 23.3 Å². The fraction of sp³-hybridized carbons (Fsp3) is 0.667. The topological polar surface area (TPSA) is 41.1 Å². The summed E-state index contributed by atoms with van der Waals surface area (Å²) in [6.07, 6.45) is 7.00. The molecule has 1 fully saturated rings. The van der Waals surface area contributed by atoms with Crippen LogP contribution >= 0.6 is 0 Å². The molecule has 4 nitrogen and oxygen atoms in total. The van der Waals surface area contributed by atoms with Crippen molar-refractivity contribution in [2.24, 2.45) is 0 Å². The van der Waals surface area contributed by atoms with Crippen molar-refractivity contribution < 1.29 is 0 Å². The SMILES string of the molecule is Cc1cnnc2c1NCCC1CCCCN21. The quantitative estimate of drug-likeness (QED) is 0.722. The van der Waals surface area contributed by atoms with Gasteiger partial charge in [-0.15, -0.1) is 5.10 Å². The van der Waals surface area contributed by atoms with Gasteiger partial charge in [-0.2, -0.15) is 5.10 Å². The number of rotatable bonds is 0. The fourth-order valence-electron chi connectivity index (χ4n) is 2.82. The highest BCUT2D eigenvalue weighted by atomic mass is 15.3. The van der Waals surface area contributed by atoms with E-state index in [1.165, 1.54) is 36.9 Å². The van der Waals surface area contributed by atoms with Gasteiger partial charge in [0.25, 0.3) is 0 Å². The summed E-state index contributed by atoms with van der Waals surface area (Å²) in [6.45, 7) is 4.29. The Morgan fingerprint density at radius 3 is 3.25 bits per heavy atom. The van der Waals surface area contributed by atoms with E-state index in [1.54, 1.807) is 0 Å². The average Bonchev–Trinajstić information content (AvgIpc) is 2.50. The monoisotopic (exact) mass is 218 g/mol. The van der Waals surface area contributed by atoms with Crippen LogP contribution < -0.4 is 10.2 Å². The van der Waals surface area contributed by atoms with Crippen molar-refractivity contribution in [3.8, 4) is 0 Å². The first-order valence-corrected chi connectivity index (χ1v) is 6.19. The number of piperidine rings is 1. The van der Waals surface area contributed by atoms with Crippen LogP contribution in [0, 0.1) is 6.92 Å². The fourth-order valence-corrected chi connectivity index (χ4v) is 2.82. The number of hydrogen-bond acceptors (Lipinski definition) is 4. The smallest absolute Gasteiger partial charge is 0.175 e. The van der Waals surface area contributed by atoms with E-state index in [-0.39, 0.29) is 0 Å². The Morgan fingerprint density at radius 2 is 2.31 bits per heavy atom. The lowest BCUT2D eigenvalue weighted by Crippen LogP contribution is -2.39. The highest BCUT2D eigenvalue weighted by molar-refractivity contribution is 5.69. The predicted octanol–water partition coefficient (Wildman–Crippen LogP) is 1.96. The van der Waals surface area contributed by atoms with Gasteiger partial charge in [0.2, 0.25) is 0 Å². The molecule has 1 aromatic rings. The molecule has 2 aliphatic heterocycles. The van der Waals surface area contributed by atoms with Gasteiger partial charge >= 0.3 is 0 Å². The lowest BCUT2D eigenvalue weighted by atomic mass is 10.00. The summed E-state index contributed by atoms with van der Waals surface area (Å²) >= 11 is 0. The number of anilines is 2. The Hall–Kier alpha value is -1.32. The molecule has 0 radical (unpaired) electrons. The van der Waals surface area contributed by atoms with Gasteiger partial charge in [-0.05, 0) is 38.2 Å². The first-order chi connectivity index (χ1) is 7.86. The Kier molecular flexibility index (Phi) is 2.42. The molecule has 2 aliphatic rings. The van der Waals surface area contributed by atoms with Gasteiger partial charge in [-0.1, -0.05) is 0 Å². The molecule has 86 valence electrons. The Labute approximate surface area is 96.1 Å². The van der Waals surface area contributed by atoms with E-state index in [0.717, 1.165) is 18.9 Å². The molecule has 0 saturated carbocycles. The first kappa shape index (κ1) is 9.87. The van der Waals surface area contributed by atoms with Crippen LogP contribution in [0.3, 0.4) is 0 Å². The van der Waals surface area contributed by atoms with Crippen molar-refractivity contribution in [1.29, 1.82) is 0 Å². The molecule has 3 heterocycles. The third-order valence-corrected chi connectivity index (χ3v) is 3.70. The third-order valence-electron chi connectivity index (χ3n) is 3.70. The Morgan fingerprint density at radius 1 is 1.38 bits per heavy atom. The van der Waals surface area contributed by atoms with Gasteiger partial charge in [0.15, 0.2) is 5.82 Å². The van der Waals surface area contributed by atoms with Crippen LogP contribution in [0.5, 0.6) is 0 Å². The van der Waals surface area contributed by atoms with Crippen LogP contribution in [0.4, 0.5) is 11.5 Å². The lowest BCUT2D eigenvalue weighted by molar-refractivity contribution is 0.446. The predicted molar refractivity (Wildman–Crippen MR) is 64.9 cm³/mol. The molecule has 1 saturated heterocycles. The van der Waals surface area contributed by atoms with Crippen LogP contribution in [-0.4, -0.2) is 29.3 Å². The van der Waals surface area contributed by atoms with Crippen LogP contribution in [0.15, 0.2) is 6.20 Å². The van der Waals surface area contributed by atoms with Crippen molar-refractivity contribution in [3.63, 3.8) is 0 Å². The van der Waals surface area contributed by atoms with Gasteiger partial charge in [-0.25, -0.2) is 0 Å². The maximum absolute atomic E-state index is 4.34. The van der Waals surface area contributed by atoms with Crippen molar-refractivity contribution in [2.45, 2.75) is 38.6 Å². The summed E-state index contributed by atoms with van der Waals surface area (Å²) in [5.74, 6) is 1.07. The maximum Gasteiger partial charge on any atom is 0.175 e. The molecular weight excluding hydrogens is 200 g/mol. The highest BCUT2D eigenvalue weighted by Crippen LogP contribution is 2.34. The van der Waals surface area contributed by atoms with E-state index in [0.29, 0.717) is 6.04 Å². The molecule has 0 spiro atoms. The number of nitrogens with zero attached hydrogens (tertiary/aromatic N) is 3. The molecule has 4 heteroatoms. The first-order valence-electron chi connectivity index (χ1n) is 6.19. The van der Waals surface area contributed by atoms with E-state index < -0.39 is 0 Å². The van der Waals surface area contributed by atoms with Gasteiger partial charge < -0.3 is 10.2 Å². The largest absolute Gasteiger partial charge is 0.382 e. The summed E-state index contributed by atoms with van der Waals surface area (Å²) in [4.78, 5) is 2.46. The lowest BCUT2D eigenvalue weighted by Gasteiger charge is -2.35. The van der Waals surface area contributed by atoms with E-state index >= 15 is 0 Å². The minimum Gasteiger partial charge on any atom is -0.382 e. The van der Waals surface area contributed by atoms with Crippen LogP contribution in [0.1, 0.15) is 31.2 Å². The summed E-state index contributed by atoms with van der Waals surface area (Å²) in [5.41, 5.74) is 2.40. The van der Waals surface area contributed by atoms with Gasteiger partial charge in [0.1, 0.15) is 0 Å². The number of fused-ring (bicyclic) bond motifs is 3. The second kappa shape index (κ2) is 3.92. The molecule has 16 heavy (non-hydrogen) atoms. The minimum absolute atomic E-state index is 0.665. The third kappa shape index (κ3) is 1.52. The molecule has 1 aromatic heterocycles. The van der Waals surface area contributed by atoms with E-state index in [1.807, 2.05) is 6.20 Å². The zero-order valence-corrected chi connectivity index (χ0v) is 9.74. The second-order valence-corrected chi connectivity index (χ2v) is 4.78. The summed E-state index contributed by atoms with van der Waals surface area (Å²) in [5, 5.41) is 11.9. The average molecular weight is 218 g/mol. The van der Waals surface area contributed by atoms with Gasteiger partial charge in [0, 0.05) is 19.1 Å². The Bertz CT molecular complexity index is 391. The molecule has 0 bridgehead atoms. The van der Waals surface area contributed by atoms with Crippen LogP contribution in [0.25, 0.3) is 0 Å². The maximum atomic E-state index is 4.34. The number of hydrogen-bond donors (Lipinski definition) is 1. The zero-order chi connectivity index (χ0) is 11.0. The summed E-state index contributed by atoms with van der Waals surface area (Å²) < 4.78 is 0. The van der Waals surface area contributed by atoms with Gasteiger partial charge in [-0.3, -0.25) is 0 Å². The standard InChI is InChI=1S/C12H18N4/c1-9-8-14-15-12-11(9)13-6-5-10-4-2-3-7-16(10)12/h8,10,13H,2-7H2,1H3.